The van der Waals surface area contributed by atoms with Gasteiger partial charge in [0.1, 0.15) is 16.5 Å². The van der Waals surface area contributed by atoms with Gasteiger partial charge in [0.2, 0.25) is 0 Å². The zero-order valence-electron chi connectivity index (χ0n) is 14.2. The van der Waals surface area contributed by atoms with E-state index in [2.05, 4.69) is 15.8 Å². The van der Waals surface area contributed by atoms with Crippen LogP contribution < -0.4 is 5.73 Å². The molecule has 0 unspecified atom stereocenters. The lowest BCUT2D eigenvalue weighted by atomic mass is 10.2. The summed E-state index contributed by atoms with van der Waals surface area (Å²) >= 11 is 3.17. The van der Waals surface area contributed by atoms with E-state index in [1.807, 2.05) is 42.8 Å². The van der Waals surface area contributed by atoms with Crippen LogP contribution in [0.5, 0.6) is 0 Å². The predicted octanol–water partition coefficient (Wildman–Crippen LogP) is 4.09. The second-order valence-electron chi connectivity index (χ2n) is 5.92. The van der Waals surface area contributed by atoms with Gasteiger partial charge in [0.25, 0.3) is 5.91 Å². The fourth-order valence-corrected chi connectivity index (χ4v) is 4.30. The van der Waals surface area contributed by atoms with Crippen molar-refractivity contribution in [1.29, 1.82) is 0 Å². The van der Waals surface area contributed by atoms with Gasteiger partial charge in [0.05, 0.1) is 23.5 Å². The molecule has 0 saturated carbocycles. The maximum Gasteiger partial charge on any atom is 0.250 e. The van der Waals surface area contributed by atoms with E-state index in [-0.39, 0.29) is 0 Å². The zero-order chi connectivity index (χ0) is 18.3. The molecule has 1 amide bonds. The molecule has 0 fully saturated rings. The average molecular weight is 384 g/mol. The van der Waals surface area contributed by atoms with Crippen LogP contribution in [-0.2, 0) is 6.54 Å². The smallest absolute Gasteiger partial charge is 0.250 e. The number of aromatic nitrogens is 3. The third kappa shape index (κ3) is 2.97. The van der Waals surface area contributed by atoms with Crippen molar-refractivity contribution in [3.8, 4) is 22.1 Å². The van der Waals surface area contributed by atoms with Crippen LogP contribution in [-0.4, -0.2) is 20.6 Å². The van der Waals surface area contributed by atoms with Crippen LogP contribution in [0, 0.1) is 13.8 Å². The highest BCUT2D eigenvalue weighted by atomic mass is 32.1. The Kier molecular flexibility index (Phi) is 4.21. The number of hydrogen-bond acceptors (Lipinski definition) is 6. The molecular formula is C18H16N4O2S2. The minimum Gasteiger partial charge on any atom is -0.366 e. The van der Waals surface area contributed by atoms with Crippen LogP contribution in [0.15, 0.2) is 39.5 Å². The molecule has 6 nitrogen and oxygen atoms in total. The molecule has 0 saturated heterocycles. The Morgan fingerprint density at radius 1 is 1.27 bits per heavy atom. The van der Waals surface area contributed by atoms with E-state index in [0.717, 1.165) is 27.8 Å². The standard InChI is InChI=1S/C18H16N4O2S2/c1-10-6-14(21-24-10)18-20-15(9-26-18)16-7-13(17(19)23)11(2)22(16)8-12-4-3-5-25-12/h3-7,9H,8H2,1-2H3,(H2,19,23). The second-order valence-corrected chi connectivity index (χ2v) is 7.81. The van der Waals surface area contributed by atoms with Crippen LogP contribution >= 0.6 is 22.7 Å². The first kappa shape index (κ1) is 16.7. The Morgan fingerprint density at radius 3 is 2.77 bits per heavy atom. The largest absolute Gasteiger partial charge is 0.366 e. The molecule has 132 valence electrons. The van der Waals surface area contributed by atoms with Crippen LogP contribution in [0.4, 0.5) is 0 Å². The van der Waals surface area contributed by atoms with Gasteiger partial charge in [-0.3, -0.25) is 4.79 Å². The zero-order valence-corrected chi connectivity index (χ0v) is 15.9. The van der Waals surface area contributed by atoms with Crippen molar-refractivity contribution in [2.24, 2.45) is 5.73 Å². The molecule has 0 radical (unpaired) electrons. The van der Waals surface area contributed by atoms with Crippen LogP contribution in [0.2, 0.25) is 0 Å². The van der Waals surface area contributed by atoms with Gasteiger partial charge in [-0.25, -0.2) is 4.98 Å². The SMILES string of the molecule is Cc1cc(-c2nc(-c3cc(C(N)=O)c(C)n3Cc3cccs3)cs2)no1. The molecule has 0 atom stereocenters. The van der Waals surface area contributed by atoms with E-state index in [9.17, 15) is 4.79 Å². The monoisotopic (exact) mass is 384 g/mol. The number of carbonyl (C=O) groups is 1. The van der Waals surface area contributed by atoms with E-state index in [1.165, 1.54) is 16.2 Å². The minimum atomic E-state index is -0.434. The van der Waals surface area contributed by atoms with Crippen molar-refractivity contribution >= 4 is 28.6 Å². The summed E-state index contributed by atoms with van der Waals surface area (Å²) in [5.74, 6) is 0.306. The number of thiophene rings is 1. The molecule has 2 N–H and O–H groups in total. The third-order valence-electron chi connectivity index (χ3n) is 4.14. The van der Waals surface area contributed by atoms with E-state index >= 15 is 0 Å². The number of carbonyl (C=O) groups excluding carboxylic acids is 1. The Bertz CT molecular complexity index is 1070. The van der Waals surface area contributed by atoms with Crippen molar-refractivity contribution in [3.63, 3.8) is 0 Å². The van der Waals surface area contributed by atoms with Crippen LogP contribution in [0.3, 0.4) is 0 Å². The van der Waals surface area contributed by atoms with Gasteiger partial charge in [-0.15, -0.1) is 22.7 Å². The maximum absolute atomic E-state index is 11.8. The predicted molar refractivity (Wildman–Crippen MR) is 102 cm³/mol. The molecule has 0 spiro atoms. The summed E-state index contributed by atoms with van der Waals surface area (Å²) < 4.78 is 7.22. The van der Waals surface area contributed by atoms with Gasteiger partial charge in [0.15, 0.2) is 0 Å². The highest BCUT2D eigenvalue weighted by molar-refractivity contribution is 7.13. The van der Waals surface area contributed by atoms with E-state index < -0.39 is 5.91 Å². The van der Waals surface area contributed by atoms with Crippen molar-refractivity contribution in [2.75, 3.05) is 0 Å². The summed E-state index contributed by atoms with van der Waals surface area (Å²) in [5, 5.41) is 8.80. The van der Waals surface area contributed by atoms with Crippen LogP contribution in [0.1, 0.15) is 26.7 Å². The fraction of sp³-hybridized carbons (Fsp3) is 0.167. The van der Waals surface area contributed by atoms with Crippen molar-refractivity contribution in [3.05, 3.63) is 56.9 Å². The molecule has 4 heterocycles. The molecule has 26 heavy (non-hydrogen) atoms. The summed E-state index contributed by atoms with van der Waals surface area (Å²) in [6, 6.07) is 7.76. The van der Waals surface area contributed by atoms with Crippen molar-refractivity contribution < 1.29 is 9.32 Å². The average Bonchev–Trinajstić information content (AvgIpc) is 3.36. The van der Waals surface area contributed by atoms with E-state index in [1.54, 1.807) is 11.3 Å². The van der Waals surface area contributed by atoms with Gasteiger partial charge in [-0.05, 0) is 31.4 Å². The number of thiazole rings is 1. The number of nitrogens with two attached hydrogens (primary N) is 1. The molecule has 8 heteroatoms. The first-order valence-electron chi connectivity index (χ1n) is 7.95. The lowest BCUT2D eigenvalue weighted by Gasteiger charge is -2.09. The number of rotatable bonds is 5. The summed E-state index contributed by atoms with van der Waals surface area (Å²) in [6.07, 6.45) is 0. The fourth-order valence-electron chi connectivity index (χ4n) is 2.85. The molecule has 4 rings (SSSR count). The first-order chi connectivity index (χ1) is 12.5. The molecule has 0 aromatic carbocycles. The topological polar surface area (TPSA) is 86.9 Å². The van der Waals surface area contributed by atoms with Gasteiger partial charge in [0, 0.05) is 22.0 Å². The number of primary amides is 1. The van der Waals surface area contributed by atoms with Gasteiger partial charge in [-0.2, -0.15) is 0 Å². The highest BCUT2D eigenvalue weighted by Gasteiger charge is 2.20. The maximum atomic E-state index is 11.8. The molecule has 4 aromatic heterocycles. The first-order valence-corrected chi connectivity index (χ1v) is 9.70. The summed E-state index contributed by atoms with van der Waals surface area (Å²) in [4.78, 5) is 17.7. The van der Waals surface area contributed by atoms with Gasteiger partial charge < -0.3 is 14.8 Å². The highest BCUT2D eigenvalue weighted by Crippen LogP contribution is 2.32. The molecule has 0 aliphatic heterocycles. The number of aryl methyl sites for hydroxylation is 1. The van der Waals surface area contributed by atoms with E-state index in [0.29, 0.717) is 17.8 Å². The quantitative estimate of drug-likeness (QED) is 0.561. The van der Waals surface area contributed by atoms with Gasteiger partial charge in [-0.1, -0.05) is 11.2 Å². The molecule has 0 aliphatic carbocycles. The lowest BCUT2D eigenvalue weighted by Crippen LogP contribution is -2.12. The molecular weight excluding hydrogens is 368 g/mol. The number of nitrogens with zero attached hydrogens (tertiary/aromatic N) is 3. The molecule has 4 aromatic rings. The van der Waals surface area contributed by atoms with Gasteiger partial charge >= 0.3 is 0 Å². The third-order valence-corrected chi connectivity index (χ3v) is 5.87. The Morgan fingerprint density at radius 2 is 2.12 bits per heavy atom. The molecule has 0 aliphatic rings. The van der Waals surface area contributed by atoms with Crippen molar-refractivity contribution in [1.82, 2.24) is 14.7 Å². The Labute approximate surface area is 157 Å². The second kappa shape index (κ2) is 6.54. The summed E-state index contributed by atoms with van der Waals surface area (Å²) in [7, 11) is 0. The Balaban J connectivity index is 1.79. The van der Waals surface area contributed by atoms with Crippen molar-refractivity contribution in [2.45, 2.75) is 20.4 Å². The van der Waals surface area contributed by atoms with E-state index in [4.69, 9.17) is 15.2 Å². The Hall–Kier alpha value is -2.71. The molecule has 0 bridgehead atoms. The summed E-state index contributed by atoms with van der Waals surface area (Å²) in [6.45, 7) is 4.42. The number of amides is 1. The van der Waals surface area contributed by atoms with Crippen LogP contribution in [0.25, 0.3) is 22.1 Å². The summed E-state index contributed by atoms with van der Waals surface area (Å²) in [5.41, 5.74) is 9.28. The number of hydrogen-bond donors (Lipinski definition) is 1. The lowest BCUT2D eigenvalue weighted by molar-refractivity contribution is 0.0999. The normalized spacial score (nSPS) is 11.2. The minimum absolute atomic E-state index is 0.434.